The van der Waals surface area contributed by atoms with E-state index in [4.69, 9.17) is 16.4 Å². The number of hydrogen-bond donors (Lipinski definition) is 2. The van der Waals surface area contributed by atoms with Gasteiger partial charge in [0.05, 0.1) is 5.70 Å². The van der Waals surface area contributed by atoms with E-state index < -0.39 is 0 Å². The van der Waals surface area contributed by atoms with Gasteiger partial charge >= 0.3 is 6.03 Å². The van der Waals surface area contributed by atoms with Crippen molar-refractivity contribution in [2.75, 3.05) is 18.4 Å². The lowest BCUT2D eigenvalue weighted by Crippen LogP contribution is -2.48. The average molecular weight is 398 g/mol. The second kappa shape index (κ2) is 7.86. The number of urea groups is 1. The van der Waals surface area contributed by atoms with E-state index >= 15 is 0 Å². The summed E-state index contributed by atoms with van der Waals surface area (Å²) in [4.78, 5) is 20.3. The van der Waals surface area contributed by atoms with Gasteiger partial charge in [-0.05, 0) is 47.9 Å². The molecule has 0 saturated carbocycles. The highest BCUT2D eigenvalue weighted by atomic mass is 35.5. The number of hydrogen-bond acceptors (Lipinski definition) is 3. The smallest absolute Gasteiger partial charge is 0.321 e. The lowest BCUT2D eigenvalue weighted by atomic mass is 9.90. The van der Waals surface area contributed by atoms with Gasteiger partial charge in [-0.15, -0.1) is 0 Å². The highest BCUT2D eigenvalue weighted by Crippen LogP contribution is 2.35. The van der Waals surface area contributed by atoms with E-state index in [0.29, 0.717) is 18.1 Å². The molecule has 28 heavy (non-hydrogen) atoms. The van der Waals surface area contributed by atoms with Crippen LogP contribution in [0.1, 0.15) is 30.9 Å². The van der Waals surface area contributed by atoms with Crippen LogP contribution in [0.15, 0.2) is 54.6 Å². The van der Waals surface area contributed by atoms with Gasteiger partial charge in [0.25, 0.3) is 0 Å². The molecular formula is C22H24ClN3O2. The SMILES string of the molecule is CCc1ccc(NC(=O)N2CCC3(C=C(c4ccc(Cl)cc4)NO3)CC2)cc1. The summed E-state index contributed by atoms with van der Waals surface area (Å²) in [5.41, 5.74) is 6.75. The summed E-state index contributed by atoms with van der Waals surface area (Å²) < 4.78 is 0. The number of anilines is 1. The molecule has 4 rings (SSSR count). The molecule has 2 heterocycles. The molecule has 0 bridgehead atoms. The van der Waals surface area contributed by atoms with E-state index in [9.17, 15) is 4.79 Å². The Hall–Kier alpha value is -2.50. The zero-order chi connectivity index (χ0) is 19.6. The van der Waals surface area contributed by atoms with Gasteiger partial charge in [0.15, 0.2) is 0 Å². The molecule has 0 unspecified atom stereocenters. The van der Waals surface area contributed by atoms with Crippen molar-refractivity contribution >= 4 is 29.0 Å². The quantitative estimate of drug-likeness (QED) is 0.778. The van der Waals surface area contributed by atoms with Crippen molar-refractivity contribution in [1.29, 1.82) is 0 Å². The Bertz CT molecular complexity index is 870. The van der Waals surface area contributed by atoms with Crippen molar-refractivity contribution in [2.45, 2.75) is 31.8 Å². The van der Waals surface area contributed by atoms with Crippen LogP contribution in [0.25, 0.3) is 5.70 Å². The summed E-state index contributed by atoms with van der Waals surface area (Å²) in [6.45, 7) is 3.40. The molecule has 1 fully saturated rings. The van der Waals surface area contributed by atoms with Gasteiger partial charge in [0.1, 0.15) is 5.60 Å². The fourth-order valence-corrected chi connectivity index (χ4v) is 3.74. The summed E-state index contributed by atoms with van der Waals surface area (Å²) in [7, 11) is 0. The maximum Gasteiger partial charge on any atom is 0.321 e. The summed E-state index contributed by atoms with van der Waals surface area (Å²) >= 11 is 5.96. The summed E-state index contributed by atoms with van der Waals surface area (Å²) in [6, 6.07) is 15.6. The maximum absolute atomic E-state index is 12.6. The minimum absolute atomic E-state index is 0.0630. The van der Waals surface area contributed by atoms with Gasteiger partial charge < -0.3 is 10.2 Å². The number of nitrogens with zero attached hydrogens (tertiary/aromatic N) is 1. The van der Waals surface area contributed by atoms with Gasteiger partial charge in [-0.25, -0.2) is 4.79 Å². The average Bonchev–Trinajstić information content (AvgIpc) is 3.13. The Labute approximate surface area is 170 Å². The minimum atomic E-state index is -0.367. The fraction of sp³-hybridized carbons (Fsp3) is 0.318. The molecule has 2 aliphatic rings. The van der Waals surface area contributed by atoms with Crippen LogP contribution in [0.3, 0.4) is 0 Å². The molecule has 1 spiro atoms. The second-order valence-corrected chi connectivity index (χ2v) is 7.74. The molecule has 146 valence electrons. The van der Waals surface area contributed by atoms with Crippen LogP contribution in [0.2, 0.25) is 5.02 Å². The highest BCUT2D eigenvalue weighted by Gasteiger charge is 2.39. The van der Waals surface area contributed by atoms with Crippen LogP contribution in [-0.4, -0.2) is 29.6 Å². The van der Waals surface area contributed by atoms with E-state index in [1.807, 2.05) is 53.4 Å². The summed E-state index contributed by atoms with van der Waals surface area (Å²) in [5, 5.41) is 3.69. The molecule has 2 N–H and O–H groups in total. The number of nitrogens with one attached hydrogen (secondary N) is 2. The van der Waals surface area contributed by atoms with Gasteiger partial charge in [-0.3, -0.25) is 10.3 Å². The number of benzene rings is 2. The molecule has 2 aromatic rings. The summed E-state index contributed by atoms with van der Waals surface area (Å²) in [6.07, 6.45) is 4.62. The number of rotatable bonds is 3. The zero-order valence-electron chi connectivity index (χ0n) is 15.9. The van der Waals surface area contributed by atoms with Crippen LogP contribution in [0, 0.1) is 0 Å². The lowest BCUT2D eigenvalue weighted by molar-refractivity contribution is -0.0634. The van der Waals surface area contributed by atoms with Gasteiger partial charge in [-0.1, -0.05) is 42.8 Å². The number of aryl methyl sites for hydroxylation is 1. The van der Waals surface area contributed by atoms with E-state index in [0.717, 1.165) is 36.2 Å². The molecule has 2 aromatic carbocycles. The first kappa shape index (κ1) is 18.8. The van der Waals surface area contributed by atoms with E-state index in [1.165, 1.54) is 5.56 Å². The maximum atomic E-state index is 12.6. The Kier molecular flexibility index (Phi) is 5.29. The first-order valence-corrected chi connectivity index (χ1v) is 10.0. The minimum Gasteiger partial charge on any atom is -0.324 e. The van der Waals surface area contributed by atoms with Gasteiger partial charge in [0, 0.05) is 36.6 Å². The number of piperidine rings is 1. The molecule has 0 aliphatic carbocycles. The van der Waals surface area contributed by atoms with Crippen molar-refractivity contribution in [3.05, 3.63) is 70.8 Å². The Morgan fingerprint density at radius 3 is 2.46 bits per heavy atom. The van der Waals surface area contributed by atoms with Crippen LogP contribution in [0.5, 0.6) is 0 Å². The largest absolute Gasteiger partial charge is 0.324 e. The van der Waals surface area contributed by atoms with Crippen LogP contribution < -0.4 is 10.8 Å². The Morgan fingerprint density at radius 2 is 1.82 bits per heavy atom. The predicted molar refractivity (Wildman–Crippen MR) is 112 cm³/mol. The normalized spacial score (nSPS) is 17.9. The summed E-state index contributed by atoms with van der Waals surface area (Å²) in [5.74, 6) is 0. The third kappa shape index (κ3) is 4.01. The van der Waals surface area contributed by atoms with Crippen molar-refractivity contribution in [3.8, 4) is 0 Å². The van der Waals surface area contributed by atoms with E-state index in [-0.39, 0.29) is 11.6 Å². The molecule has 1 saturated heterocycles. The Balaban J connectivity index is 1.36. The standard InChI is InChI=1S/C22H24ClN3O2/c1-2-16-3-9-19(10-4-16)24-21(27)26-13-11-22(12-14-26)15-20(25-28-22)17-5-7-18(23)8-6-17/h3-10,15,25H,2,11-14H2,1H3,(H,24,27). The molecule has 2 aliphatic heterocycles. The molecule has 0 atom stereocenters. The molecule has 5 nitrogen and oxygen atoms in total. The van der Waals surface area contributed by atoms with Gasteiger partial charge in [-0.2, -0.15) is 0 Å². The number of carbonyl (C=O) groups is 1. The van der Waals surface area contributed by atoms with Crippen molar-refractivity contribution < 1.29 is 9.63 Å². The zero-order valence-corrected chi connectivity index (χ0v) is 16.6. The van der Waals surface area contributed by atoms with Crippen LogP contribution in [-0.2, 0) is 11.3 Å². The van der Waals surface area contributed by atoms with Crippen LogP contribution in [0.4, 0.5) is 10.5 Å². The van der Waals surface area contributed by atoms with Crippen LogP contribution >= 0.6 is 11.6 Å². The monoisotopic (exact) mass is 397 g/mol. The lowest BCUT2D eigenvalue weighted by Gasteiger charge is -2.36. The number of likely N-dealkylation sites (tertiary alicyclic amines) is 1. The van der Waals surface area contributed by atoms with Crippen molar-refractivity contribution in [1.82, 2.24) is 10.4 Å². The Morgan fingerprint density at radius 1 is 1.14 bits per heavy atom. The van der Waals surface area contributed by atoms with Crippen molar-refractivity contribution in [2.24, 2.45) is 0 Å². The number of halogens is 1. The molecule has 0 aromatic heterocycles. The topological polar surface area (TPSA) is 53.6 Å². The number of carbonyl (C=O) groups excluding carboxylic acids is 1. The van der Waals surface area contributed by atoms with E-state index in [1.54, 1.807) is 0 Å². The fourth-order valence-electron chi connectivity index (χ4n) is 3.61. The molecule has 2 amide bonds. The first-order valence-electron chi connectivity index (χ1n) is 9.65. The third-order valence-electron chi connectivity index (χ3n) is 5.44. The van der Waals surface area contributed by atoms with Crippen molar-refractivity contribution in [3.63, 3.8) is 0 Å². The highest BCUT2D eigenvalue weighted by molar-refractivity contribution is 6.30. The first-order chi connectivity index (χ1) is 13.6. The molecular weight excluding hydrogens is 374 g/mol. The third-order valence-corrected chi connectivity index (χ3v) is 5.69. The second-order valence-electron chi connectivity index (χ2n) is 7.30. The molecule has 0 radical (unpaired) electrons. The van der Waals surface area contributed by atoms with E-state index in [2.05, 4.69) is 23.8 Å². The number of amides is 2. The predicted octanol–water partition coefficient (Wildman–Crippen LogP) is 4.84. The molecule has 6 heteroatoms. The van der Waals surface area contributed by atoms with Gasteiger partial charge in [0.2, 0.25) is 0 Å². The number of hydroxylamine groups is 1.